The number of carbonyl (C=O) groups is 6. The second-order valence-electron chi connectivity index (χ2n) is 37.1. The number of ether oxygens (including phenoxy) is 7. The molecule has 125 heavy (non-hydrogen) atoms. The molecule has 2 rings (SSSR count). The fourth-order valence-electron chi connectivity index (χ4n) is 17.4. The lowest BCUT2D eigenvalue weighted by molar-refractivity contribution is -0.298. The van der Waals surface area contributed by atoms with Crippen LogP contribution in [0.2, 0.25) is 0 Å². The van der Waals surface area contributed by atoms with Gasteiger partial charge in [-0.1, -0.05) is 414 Å². The van der Waals surface area contributed by atoms with Crippen LogP contribution in [-0.2, 0) is 71.0 Å². The predicted molar refractivity (Wildman–Crippen MR) is 497 cm³/mol. The van der Waals surface area contributed by atoms with Crippen molar-refractivity contribution >= 4 is 43.5 Å². The maximum Gasteiger partial charge on any atom is 0.470 e. The van der Waals surface area contributed by atoms with Gasteiger partial charge in [-0.15, -0.1) is 0 Å². The molecule has 24 nitrogen and oxygen atoms in total. The maximum atomic E-state index is 14.8. The number of aliphatic hydroxyl groups is 5. The van der Waals surface area contributed by atoms with Crippen LogP contribution in [0.1, 0.15) is 504 Å². The van der Waals surface area contributed by atoms with E-state index in [2.05, 4.69) is 52.2 Å². The Balaban J connectivity index is 2.64. The molecule has 0 aliphatic carbocycles. The number of phosphoric ester groups is 1. The standard InChI is InChI=1S/C100H189N2O22P/c1-7-13-19-25-31-37-39-41-43-49-55-61-67-73-89(108)118-83(71-65-59-53-47-35-29-23-17-11-5)77-88(107)101-93-97(122-91(110)76-82(105)70-64-58-52-46-34-28-22-16-10-4)95(112)86(120-99(93)113)80-117-100-94(102-87(106)75-81(104)69-63-57-51-45-33-27-21-15-9-3)98(96(85(79-103)121-100)124-125(114,115)116)123-92(111)78-84(72-66-60-54-48-36-30-24-18-12-6)119-90(109)74-68-62-56-50-44-42-40-38-32-26-20-14-8-2/h81-86,93-100,103-105,112-113H,7-80H2,1-6H3,(H,101,107)(H,102,106)(H2,114,115,116)/t81?,82?,83?,84?,85?,86?,93?,94?,95-,96-,97-,98-,99-,100-/m1/s1. The summed E-state index contributed by atoms with van der Waals surface area (Å²) in [7, 11) is -5.59. The number of hydrogen-bond donors (Lipinski definition) is 9. The summed E-state index contributed by atoms with van der Waals surface area (Å²) in [5.41, 5.74) is 0. The summed E-state index contributed by atoms with van der Waals surface area (Å²) in [5.74, 6) is -4.49. The molecule has 2 heterocycles. The normalized spacial score (nSPS) is 20.1. The Morgan fingerprint density at radius 1 is 0.336 bits per heavy atom. The third-order valence-electron chi connectivity index (χ3n) is 25.1. The molecule has 2 amide bonds. The molecule has 0 radical (unpaired) electrons. The largest absolute Gasteiger partial charge is 0.470 e. The van der Waals surface area contributed by atoms with Gasteiger partial charge in [-0.3, -0.25) is 33.3 Å². The highest BCUT2D eigenvalue weighted by Crippen LogP contribution is 2.43. The zero-order chi connectivity index (χ0) is 91.4. The Hall–Kier alpha value is -3.39. The Morgan fingerprint density at radius 3 is 0.984 bits per heavy atom. The van der Waals surface area contributed by atoms with Crippen molar-refractivity contribution in [2.45, 2.75) is 590 Å². The van der Waals surface area contributed by atoms with E-state index >= 15 is 0 Å². The summed E-state index contributed by atoms with van der Waals surface area (Å²) >= 11 is 0. The molecule has 2 aliphatic rings. The van der Waals surface area contributed by atoms with Crippen molar-refractivity contribution in [3.05, 3.63) is 0 Å². The number of hydrogen-bond acceptors (Lipinski definition) is 20. The van der Waals surface area contributed by atoms with E-state index in [1.807, 2.05) is 0 Å². The monoisotopic (exact) mass is 1800 g/mol. The number of aliphatic hydroxyl groups excluding tert-OH is 5. The van der Waals surface area contributed by atoms with E-state index in [1.165, 1.54) is 154 Å². The lowest BCUT2D eigenvalue weighted by atomic mass is 9.95. The molecular formula is C100H189N2O22P. The van der Waals surface area contributed by atoms with Gasteiger partial charge in [0.05, 0.1) is 51.1 Å². The number of nitrogens with one attached hydrogen (secondary N) is 2. The SMILES string of the molecule is CCCCCCCCCCCCCCCC(=O)OC(CCCCCCCCCCC)CC(=O)NC1[C@H](O)OC(CO[C@@H]2OC(CO)[C@@H](OP(=O)(O)O)[C@H](OC(=O)CC(CCCCCCCCCCC)OC(=O)CCCCCCCCCCCCCCC)C2NC(=O)CC(O)CCCCCCCCCCC)[C@@H](O)[C@@H]1OC(=O)CC(O)CCCCCCCCCCC. The Morgan fingerprint density at radius 2 is 0.632 bits per heavy atom. The molecule has 8 unspecified atom stereocenters. The molecule has 0 bridgehead atoms. The van der Waals surface area contributed by atoms with Gasteiger partial charge in [0, 0.05) is 12.8 Å². The summed E-state index contributed by atoms with van der Waals surface area (Å²) in [6.45, 7) is 11.3. The van der Waals surface area contributed by atoms with Gasteiger partial charge in [0.1, 0.15) is 48.7 Å². The molecule has 25 heteroatoms. The first-order valence-electron chi connectivity index (χ1n) is 52.0. The average molecular weight is 1800 g/mol. The summed E-state index contributed by atoms with van der Waals surface area (Å²) in [5, 5.41) is 64.0. The van der Waals surface area contributed by atoms with E-state index < -0.39 is 162 Å². The van der Waals surface area contributed by atoms with Gasteiger partial charge >= 0.3 is 31.7 Å². The molecule has 0 aromatic carbocycles. The third kappa shape index (κ3) is 64.2. The van der Waals surface area contributed by atoms with Gasteiger partial charge in [-0.2, -0.15) is 0 Å². The maximum absolute atomic E-state index is 14.8. The highest BCUT2D eigenvalue weighted by Gasteiger charge is 2.54. The zero-order valence-corrected chi connectivity index (χ0v) is 81.0. The van der Waals surface area contributed by atoms with Crippen molar-refractivity contribution in [2.75, 3.05) is 13.2 Å². The lowest BCUT2D eigenvalue weighted by Crippen LogP contribution is -2.68. The predicted octanol–water partition coefficient (Wildman–Crippen LogP) is 22.8. The minimum Gasteiger partial charge on any atom is -0.462 e. The fourth-order valence-corrected chi connectivity index (χ4v) is 18.0. The number of phosphoric acid groups is 1. The molecule has 14 atom stereocenters. The number of amides is 2. The summed E-state index contributed by atoms with van der Waals surface area (Å²) < 4.78 is 61.6. The van der Waals surface area contributed by atoms with Crippen LogP contribution in [0.5, 0.6) is 0 Å². The first kappa shape index (κ1) is 118. The number of esters is 4. The molecule has 2 aliphatic heterocycles. The van der Waals surface area contributed by atoms with Crippen molar-refractivity contribution < 1.29 is 106 Å². The topological polar surface area (TPSA) is 359 Å². The highest BCUT2D eigenvalue weighted by molar-refractivity contribution is 7.46. The van der Waals surface area contributed by atoms with Crippen LogP contribution in [0, 0.1) is 0 Å². The Kier molecular flexibility index (Phi) is 75.6. The van der Waals surface area contributed by atoms with E-state index in [9.17, 15) is 68.7 Å². The van der Waals surface area contributed by atoms with Crippen LogP contribution in [-0.4, -0.2) is 170 Å². The molecule has 2 saturated heterocycles. The third-order valence-corrected chi connectivity index (χ3v) is 25.6. The van der Waals surface area contributed by atoms with Crippen molar-refractivity contribution in [3.8, 4) is 0 Å². The van der Waals surface area contributed by atoms with Crippen molar-refractivity contribution in [1.82, 2.24) is 10.6 Å². The van der Waals surface area contributed by atoms with Crippen LogP contribution in [0.3, 0.4) is 0 Å². The number of carbonyl (C=O) groups excluding carboxylic acids is 6. The van der Waals surface area contributed by atoms with E-state index in [0.717, 1.165) is 205 Å². The van der Waals surface area contributed by atoms with Crippen molar-refractivity contribution in [2.24, 2.45) is 0 Å². The minimum absolute atomic E-state index is 0.116. The van der Waals surface area contributed by atoms with E-state index in [-0.39, 0.29) is 38.5 Å². The molecule has 2 fully saturated rings. The summed E-state index contributed by atoms with van der Waals surface area (Å²) in [6, 6.07) is -3.47. The number of rotatable bonds is 88. The smallest absolute Gasteiger partial charge is 0.462 e. The second-order valence-corrected chi connectivity index (χ2v) is 38.3. The summed E-state index contributed by atoms with van der Waals surface area (Å²) in [4.78, 5) is 107. The molecule has 0 spiro atoms. The molecule has 0 aromatic rings. The average Bonchev–Trinajstić information content (AvgIpc) is 0.778. The van der Waals surface area contributed by atoms with Crippen LogP contribution in [0.15, 0.2) is 0 Å². The van der Waals surface area contributed by atoms with E-state index in [1.54, 1.807) is 0 Å². The lowest BCUT2D eigenvalue weighted by Gasteiger charge is -2.46. The van der Waals surface area contributed by atoms with Gasteiger partial charge < -0.3 is 79.1 Å². The van der Waals surface area contributed by atoms with E-state index in [4.69, 9.17) is 37.7 Å². The number of unbranched alkanes of at least 4 members (excludes halogenated alkanes) is 56. The zero-order valence-electron chi connectivity index (χ0n) is 80.1. The van der Waals surface area contributed by atoms with Crippen LogP contribution < -0.4 is 10.6 Å². The first-order chi connectivity index (χ1) is 60.6. The van der Waals surface area contributed by atoms with E-state index in [0.29, 0.717) is 44.9 Å². The minimum atomic E-state index is -5.59. The summed E-state index contributed by atoms with van der Waals surface area (Å²) in [6.07, 6.45) is 46.5. The fraction of sp³-hybridized carbons (Fsp3) is 0.940. The molecular weight excluding hydrogens is 1610 g/mol. The van der Waals surface area contributed by atoms with Gasteiger partial charge in [-0.25, -0.2) is 4.57 Å². The Bertz CT molecular complexity index is 2620. The quantitative estimate of drug-likeness (QED) is 0.0118. The molecule has 736 valence electrons. The van der Waals surface area contributed by atoms with Crippen LogP contribution in [0.25, 0.3) is 0 Å². The van der Waals surface area contributed by atoms with Gasteiger partial charge in [0.25, 0.3) is 0 Å². The van der Waals surface area contributed by atoms with Crippen LogP contribution in [0.4, 0.5) is 0 Å². The molecule has 0 saturated carbocycles. The van der Waals surface area contributed by atoms with Crippen molar-refractivity contribution in [1.29, 1.82) is 0 Å². The van der Waals surface area contributed by atoms with Crippen LogP contribution >= 0.6 is 7.82 Å². The first-order valence-corrected chi connectivity index (χ1v) is 53.5. The molecule has 0 aromatic heterocycles. The highest BCUT2D eigenvalue weighted by atomic mass is 31.2. The van der Waals surface area contributed by atoms with Gasteiger partial charge in [0.2, 0.25) is 11.8 Å². The molecule has 9 N–H and O–H groups in total. The van der Waals surface area contributed by atoms with Crippen molar-refractivity contribution in [3.63, 3.8) is 0 Å². The second kappa shape index (κ2) is 80.3. The van der Waals surface area contributed by atoms with Gasteiger partial charge in [-0.05, 0) is 51.4 Å². The van der Waals surface area contributed by atoms with Gasteiger partial charge in [0.15, 0.2) is 24.8 Å². The Labute approximate surface area is 759 Å².